The Morgan fingerprint density at radius 2 is 1.63 bits per heavy atom. The summed E-state index contributed by atoms with van der Waals surface area (Å²) in [5, 5.41) is 8.09. The van der Waals surface area contributed by atoms with Crippen LogP contribution in [-0.4, -0.2) is 65.5 Å². The second-order valence-corrected chi connectivity index (χ2v) is 9.09. The van der Waals surface area contributed by atoms with Crippen molar-refractivity contribution in [1.82, 2.24) is 20.9 Å². The number of carbonyl (C=O) groups excluding carboxylic acids is 5. The number of hydrogen-bond acceptors (Lipinski definition) is 5. The molecule has 30 heavy (non-hydrogen) atoms. The Balaban J connectivity index is 1.32. The molecule has 0 aromatic rings. The van der Waals surface area contributed by atoms with Crippen molar-refractivity contribution in [2.45, 2.75) is 75.9 Å². The molecule has 4 fully saturated rings. The number of Topliss-reactive ketones (excluding diaryl/α,β-unsaturated/α-hetero) is 1. The lowest BCUT2D eigenvalue weighted by molar-refractivity contribution is -0.142. The van der Waals surface area contributed by atoms with E-state index in [9.17, 15) is 24.0 Å². The third-order valence-electron chi connectivity index (χ3n) is 6.27. The van der Waals surface area contributed by atoms with Crippen LogP contribution < -0.4 is 16.0 Å². The van der Waals surface area contributed by atoms with E-state index >= 15 is 0 Å². The van der Waals surface area contributed by atoms with Gasteiger partial charge in [0.1, 0.15) is 6.04 Å². The first-order valence-corrected chi connectivity index (χ1v) is 11.1. The van der Waals surface area contributed by atoms with Gasteiger partial charge in [-0.25, -0.2) is 0 Å². The highest BCUT2D eigenvalue weighted by Gasteiger charge is 2.39. The van der Waals surface area contributed by atoms with Gasteiger partial charge in [-0.05, 0) is 50.9 Å². The summed E-state index contributed by atoms with van der Waals surface area (Å²) in [5.74, 6) is -1.66. The molecule has 3 saturated carbocycles. The summed E-state index contributed by atoms with van der Waals surface area (Å²) in [6.45, 7) is 0.326. The summed E-state index contributed by atoms with van der Waals surface area (Å²) in [6.07, 6.45) is 7.14. The summed E-state index contributed by atoms with van der Waals surface area (Å²) in [4.78, 5) is 63.6. The summed E-state index contributed by atoms with van der Waals surface area (Å²) < 4.78 is 0. The van der Waals surface area contributed by atoms with Crippen LogP contribution >= 0.6 is 0 Å². The molecule has 1 saturated heterocycles. The average Bonchev–Trinajstić information content (AvgIpc) is 3.56. The van der Waals surface area contributed by atoms with E-state index in [0.29, 0.717) is 31.7 Å². The molecule has 0 aromatic carbocycles. The SMILES string of the molecule is O=C(NC1CC1)C(=O)C(CC1CC1)NC(=O)C1CCCN1C(=O)CNC(=O)C1CC1. The first kappa shape index (κ1) is 20.8. The normalized spacial score (nSPS) is 24.1. The largest absolute Gasteiger partial charge is 0.347 e. The standard InChI is InChI=1S/C21H30N4O5/c26-17(11-22-19(28)13-5-6-13)25-9-1-2-16(25)20(29)24-15(10-12-3-4-12)18(27)21(30)23-14-7-8-14/h12-16H,1-11H2,(H,22,28)(H,23,30)(H,24,29). The molecule has 3 N–H and O–H groups in total. The number of carbonyl (C=O) groups is 5. The van der Waals surface area contributed by atoms with Gasteiger partial charge >= 0.3 is 0 Å². The fourth-order valence-corrected chi connectivity index (χ4v) is 3.92. The van der Waals surface area contributed by atoms with Gasteiger partial charge in [0.2, 0.25) is 23.5 Å². The van der Waals surface area contributed by atoms with Crippen molar-refractivity contribution < 1.29 is 24.0 Å². The molecular weight excluding hydrogens is 388 g/mol. The third kappa shape index (κ3) is 5.37. The maximum absolute atomic E-state index is 12.9. The Hall–Kier alpha value is -2.45. The minimum absolute atomic E-state index is 0.0199. The molecule has 0 aromatic heterocycles. The Morgan fingerprint density at radius 3 is 2.27 bits per heavy atom. The van der Waals surface area contributed by atoms with Crippen LogP contribution in [0.4, 0.5) is 0 Å². The number of amides is 4. The first-order chi connectivity index (χ1) is 14.4. The molecule has 4 amide bonds. The van der Waals surface area contributed by atoms with Crippen LogP contribution in [0.2, 0.25) is 0 Å². The molecule has 9 nitrogen and oxygen atoms in total. The van der Waals surface area contributed by atoms with Gasteiger partial charge in [0.15, 0.2) is 0 Å². The molecular formula is C21H30N4O5. The predicted molar refractivity (Wildman–Crippen MR) is 106 cm³/mol. The number of nitrogens with one attached hydrogen (secondary N) is 3. The monoisotopic (exact) mass is 418 g/mol. The molecule has 9 heteroatoms. The van der Waals surface area contributed by atoms with E-state index in [2.05, 4.69) is 16.0 Å². The van der Waals surface area contributed by atoms with Crippen molar-refractivity contribution in [1.29, 1.82) is 0 Å². The van der Waals surface area contributed by atoms with Gasteiger partial charge in [-0.15, -0.1) is 0 Å². The zero-order chi connectivity index (χ0) is 21.3. The maximum Gasteiger partial charge on any atom is 0.289 e. The van der Waals surface area contributed by atoms with E-state index in [-0.39, 0.29) is 30.3 Å². The van der Waals surface area contributed by atoms with Crippen LogP contribution in [0.15, 0.2) is 0 Å². The predicted octanol–water partition coefficient (Wildman–Crippen LogP) is -0.364. The smallest absolute Gasteiger partial charge is 0.289 e. The number of hydrogen-bond donors (Lipinski definition) is 3. The molecule has 0 spiro atoms. The van der Waals surface area contributed by atoms with Gasteiger partial charge < -0.3 is 20.9 Å². The Morgan fingerprint density at radius 1 is 0.900 bits per heavy atom. The lowest BCUT2D eigenvalue weighted by Crippen LogP contribution is -2.54. The van der Waals surface area contributed by atoms with E-state index in [1.165, 1.54) is 4.90 Å². The van der Waals surface area contributed by atoms with E-state index in [1.807, 2.05) is 0 Å². The summed E-state index contributed by atoms with van der Waals surface area (Å²) in [7, 11) is 0. The van der Waals surface area contributed by atoms with Crippen molar-refractivity contribution in [2.75, 3.05) is 13.1 Å². The number of rotatable bonds is 10. The Bertz CT molecular complexity index is 742. The molecule has 3 aliphatic carbocycles. The highest BCUT2D eigenvalue weighted by atomic mass is 16.2. The summed E-state index contributed by atoms with van der Waals surface area (Å²) in [6, 6.07) is -1.44. The van der Waals surface area contributed by atoms with Gasteiger partial charge in [-0.2, -0.15) is 0 Å². The number of likely N-dealkylation sites (tertiary alicyclic amines) is 1. The second kappa shape index (κ2) is 8.73. The van der Waals surface area contributed by atoms with Gasteiger partial charge in [0, 0.05) is 18.5 Å². The lowest BCUT2D eigenvalue weighted by atomic mass is 10.0. The average molecular weight is 418 g/mol. The van der Waals surface area contributed by atoms with Crippen molar-refractivity contribution >= 4 is 29.4 Å². The van der Waals surface area contributed by atoms with Gasteiger partial charge in [0.25, 0.3) is 5.91 Å². The van der Waals surface area contributed by atoms with Crippen LogP contribution in [0.5, 0.6) is 0 Å². The third-order valence-corrected chi connectivity index (χ3v) is 6.27. The summed E-state index contributed by atoms with van der Waals surface area (Å²) in [5.41, 5.74) is 0. The van der Waals surface area contributed by atoms with E-state index < -0.39 is 29.7 Å². The molecule has 0 bridgehead atoms. The molecule has 1 heterocycles. The van der Waals surface area contributed by atoms with Crippen LogP contribution in [0.1, 0.15) is 57.8 Å². The lowest BCUT2D eigenvalue weighted by Gasteiger charge is -2.26. The fraction of sp³-hybridized carbons (Fsp3) is 0.762. The first-order valence-electron chi connectivity index (χ1n) is 11.1. The molecule has 4 rings (SSSR count). The Labute approximate surface area is 175 Å². The minimum atomic E-state index is -0.851. The van der Waals surface area contributed by atoms with Crippen molar-refractivity contribution in [3.63, 3.8) is 0 Å². The van der Waals surface area contributed by atoms with Crippen LogP contribution in [0, 0.1) is 11.8 Å². The van der Waals surface area contributed by atoms with Gasteiger partial charge in [-0.1, -0.05) is 12.8 Å². The van der Waals surface area contributed by atoms with Gasteiger partial charge in [-0.3, -0.25) is 24.0 Å². The Kier molecular flexibility index (Phi) is 6.06. The van der Waals surface area contributed by atoms with Crippen LogP contribution in [0.3, 0.4) is 0 Å². The topological polar surface area (TPSA) is 125 Å². The maximum atomic E-state index is 12.9. The quantitative estimate of drug-likeness (QED) is 0.418. The van der Waals surface area contributed by atoms with E-state index in [4.69, 9.17) is 0 Å². The van der Waals surface area contributed by atoms with Gasteiger partial charge in [0.05, 0.1) is 12.6 Å². The molecule has 0 radical (unpaired) electrons. The van der Waals surface area contributed by atoms with Crippen LogP contribution in [-0.2, 0) is 24.0 Å². The highest BCUT2D eigenvalue weighted by molar-refractivity contribution is 6.38. The zero-order valence-corrected chi connectivity index (χ0v) is 17.2. The summed E-state index contributed by atoms with van der Waals surface area (Å²) >= 11 is 0. The van der Waals surface area contributed by atoms with Crippen molar-refractivity contribution in [3.8, 4) is 0 Å². The molecule has 164 valence electrons. The minimum Gasteiger partial charge on any atom is -0.347 e. The highest BCUT2D eigenvalue weighted by Crippen LogP contribution is 2.34. The van der Waals surface area contributed by atoms with E-state index in [0.717, 1.165) is 38.5 Å². The van der Waals surface area contributed by atoms with Crippen molar-refractivity contribution in [3.05, 3.63) is 0 Å². The molecule has 4 aliphatic rings. The molecule has 2 atom stereocenters. The molecule has 1 aliphatic heterocycles. The van der Waals surface area contributed by atoms with Crippen LogP contribution in [0.25, 0.3) is 0 Å². The second-order valence-electron chi connectivity index (χ2n) is 9.09. The number of nitrogens with zero attached hydrogens (tertiary/aromatic N) is 1. The zero-order valence-electron chi connectivity index (χ0n) is 17.2. The van der Waals surface area contributed by atoms with Crippen molar-refractivity contribution in [2.24, 2.45) is 11.8 Å². The molecule has 2 unspecified atom stereocenters. The van der Waals surface area contributed by atoms with E-state index in [1.54, 1.807) is 0 Å². The number of ketones is 1. The fourth-order valence-electron chi connectivity index (χ4n) is 3.92.